The number of ether oxygens (including phenoxy) is 1. The minimum absolute atomic E-state index is 0.0343. The lowest BCUT2D eigenvalue weighted by molar-refractivity contribution is -0.137. The van der Waals surface area contributed by atoms with Gasteiger partial charge in [0.05, 0.1) is 28.6 Å². The number of benzene rings is 3. The van der Waals surface area contributed by atoms with Crippen LogP contribution in [0.2, 0.25) is 0 Å². The molecule has 1 N–H and O–H groups in total. The Kier molecular flexibility index (Phi) is 7.11. The molecule has 0 aliphatic heterocycles. The SMILES string of the molecule is Cc1nn(-c2ccc(C(=O)NCc3cc(C#N)ccc3OCc3ccccc3)cc2C(F)(F)F)c2c1CCC2. The molecule has 9 heteroatoms. The van der Waals surface area contributed by atoms with Crippen LogP contribution >= 0.6 is 0 Å². The van der Waals surface area contributed by atoms with Crippen LogP contribution < -0.4 is 10.1 Å². The van der Waals surface area contributed by atoms with Crippen molar-refractivity contribution in [2.45, 2.75) is 45.5 Å². The minimum atomic E-state index is -4.68. The van der Waals surface area contributed by atoms with E-state index in [1.165, 1.54) is 16.8 Å². The maximum atomic E-state index is 14.1. The number of nitrogens with zero attached hydrogens (tertiary/aromatic N) is 3. The molecule has 3 aromatic carbocycles. The van der Waals surface area contributed by atoms with E-state index >= 15 is 0 Å². The van der Waals surface area contributed by atoms with Crippen molar-refractivity contribution < 1.29 is 22.7 Å². The molecule has 0 fully saturated rings. The molecule has 1 amide bonds. The molecule has 5 rings (SSSR count). The minimum Gasteiger partial charge on any atom is -0.489 e. The number of rotatable bonds is 7. The average Bonchev–Trinajstić information content (AvgIpc) is 3.54. The number of nitriles is 1. The van der Waals surface area contributed by atoms with Crippen LogP contribution in [0.25, 0.3) is 5.69 Å². The molecule has 1 aliphatic rings. The van der Waals surface area contributed by atoms with Crippen LogP contribution in [-0.2, 0) is 32.2 Å². The lowest BCUT2D eigenvalue weighted by Gasteiger charge is -2.16. The molecule has 39 heavy (non-hydrogen) atoms. The third-order valence-corrected chi connectivity index (χ3v) is 6.79. The summed E-state index contributed by atoms with van der Waals surface area (Å²) >= 11 is 0. The molecule has 0 saturated heterocycles. The number of aryl methyl sites for hydroxylation is 1. The van der Waals surface area contributed by atoms with E-state index in [1.807, 2.05) is 30.3 Å². The number of hydrogen-bond donors (Lipinski definition) is 1. The highest BCUT2D eigenvalue weighted by molar-refractivity contribution is 5.94. The molecule has 0 radical (unpaired) electrons. The molecule has 1 heterocycles. The summed E-state index contributed by atoms with van der Waals surface area (Å²) in [5.74, 6) is -0.210. The third-order valence-electron chi connectivity index (χ3n) is 6.79. The first kappa shape index (κ1) is 26.0. The molecular formula is C30H25F3N4O2. The van der Waals surface area contributed by atoms with E-state index in [9.17, 15) is 23.2 Å². The first-order valence-electron chi connectivity index (χ1n) is 12.5. The number of hydrogen-bond acceptors (Lipinski definition) is 4. The van der Waals surface area contributed by atoms with E-state index in [2.05, 4.69) is 16.5 Å². The zero-order valence-electron chi connectivity index (χ0n) is 21.2. The Balaban J connectivity index is 1.38. The fourth-order valence-corrected chi connectivity index (χ4v) is 4.85. The normalized spacial score (nSPS) is 12.6. The molecule has 0 bridgehead atoms. The predicted octanol–water partition coefficient (Wildman–Crippen LogP) is 6.07. The molecule has 1 aliphatic carbocycles. The van der Waals surface area contributed by atoms with Gasteiger partial charge in [-0.1, -0.05) is 30.3 Å². The van der Waals surface area contributed by atoms with E-state index in [1.54, 1.807) is 25.1 Å². The fourth-order valence-electron chi connectivity index (χ4n) is 4.85. The lowest BCUT2D eigenvalue weighted by atomic mass is 10.1. The smallest absolute Gasteiger partial charge is 0.418 e. The number of carbonyl (C=O) groups is 1. The molecule has 6 nitrogen and oxygen atoms in total. The number of aromatic nitrogens is 2. The van der Waals surface area contributed by atoms with Crippen molar-refractivity contribution in [2.24, 2.45) is 0 Å². The van der Waals surface area contributed by atoms with Gasteiger partial charge in [0.1, 0.15) is 12.4 Å². The van der Waals surface area contributed by atoms with Gasteiger partial charge in [-0.15, -0.1) is 0 Å². The van der Waals surface area contributed by atoms with Gasteiger partial charge in [0, 0.05) is 23.4 Å². The van der Waals surface area contributed by atoms with Crippen molar-refractivity contribution in [3.63, 3.8) is 0 Å². The molecule has 0 unspecified atom stereocenters. The van der Waals surface area contributed by atoms with E-state index in [0.717, 1.165) is 41.4 Å². The van der Waals surface area contributed by atoms with Crippen LogP contribution in [0.3, 0.4) is 0 Å². The van der Waals surface area contributed by atoms with Gasteiger partial charge in [-0.25, -0.2) is 4.68 Å². The predicted molar refractivity (Wildman–Crippen MR) is 138 cm³/mol. The zero-order chi connectivity index (χ0) is 27.6. The van der Waals surface area contributed by atoms with Gasteiger partial charge >= 0.3 is 6.18 Å². The summed E-state index contributed by atoms with van der Waals surface area (Å²) in [5.41, 5.74) is 3.21. The Labute approximate surface area is 223 Å². The monoisotopic (exact) mass is 530 g/mol. The maximum absolute atomic E-state index is 14.1. The van der Waals surface area contributed by atoms with E-state index in [-0.39, 0.29) is 24.4 Å². The van der Waals surface area contributed by atoms with E-state index in [0.29, 0.717) is 23.3 Å². The second kappa shape index (κ2) is 10.7. The Morgan fingerprint density at radius 2 is 1.90 bits per heavy atom. The molecule has 0 spiro atoms. The quantitative estimate of drug-likeness (QED) is 0.315. The van der Waals surface area contributed by atoms with E-state index < -0.39 is 17.6 Å². The number of amides is 1. The summed E-state index contributed by atoms with van der Waals surface area (Å²) in [6, 6.07) is 19.9. The number of carbonyl (C=O) groups excluding carboxylic acids is 1. The Bertz CT molecular complexity index is 1570. The van der Waals surface area contributed by atoms with Gasteiger partial charge in [-0.05, 0) is 73.7 Å². The van der Waals surface area contributed by atoms with Gasteiger partial charge in [0.2, 0.25) is 0 Å². The van der Waals surface area contributed by atoms with Crippen molar-refractivity contribution >= 4 is 5.91 Å². The highest BCUT2D eigenvalue weighted by atomic mass is 19.4. The van der Waals surface area contributed by atoms with Gasteiger partial charge in [0.15, 0.2) is 0 Å². The third kappa shape index (κ3) is 5.50. The van der Waals surface area contributed by atoms with Crippen LogP contribution in [-0.4, -0.2) is 15.7 Å². The average molecular weight is 531 g/mol. The Hall–Kier alpha value is -4.58. The van der Waals surface area contributed by atoms with E-state index in [4.69, 9.17) is 4.74 Å². The van der Waals surface area contributed by atoms with Crippen molar-refractivity contribution in [3.05, 3.63) is 111 Å². The largest absolute Gasteiger partial charge is 0.489 e. The van der Waals surface area contributed by atoms with Crippen molar-refractivity contribution in [2.75, 3.05) is 0 Å². The number of halogens is 3. The maximum Gasteiger partial charge on any atom is 0.418 e. The second-order valence-corrected chi connectivity index (χ2v) is 9.40. The summed E-state index contributed by atoms with van der Waals surface area (Å²) in [5, 5.41) is 16.4. The van der Waals surface area contributed by atoms with Gasteiger partial charge in [-0.2, -0.15) is 23.5 Å². The molecular weight excluding hydrogens is 505 g/mol. The fraction of sp³-hybridized carbons (Fsp3) is 0.233. The summed E-state index contributed by atoms with van der Waals surface area (Å²) in [6.45, 7) is 2.04. The Morgan fingerprint density at radius 3 is 2.64 bits per heavy atom. The molecule has 1 aromatic heterocycles. The molecule has 0 saturated carbocycles. The number of alkyl halides is 3. The van der Waals surface area contributed by atoms with Crippen LogP contribution in [0.4, 0.5) is 13.2 Å². The zero-order valence-corrected chi connectivity index (χ0v) is 21.2. The van der Waals surface area contributed by atoms with Gasteiger partial charge in [0.25, 0.3) is 5.91 Å². The number of nitrogens with one attached hydrogen (secondary N) is 1. The summed E-state index contributed by atoms with van der Waals surface area (Å²) in [6.07, 6.45) is -2.35. The van der Waals surface area contributed by atoms with Crippen LogP contribution in [0.15, 0.2) is 66.7 Å². The van der Waals surface area contributed by atoms with Crippen molar-refractivity contribution in [1.82, 2.24) is 15.1 Å². The van der Waals surface area contributed by atoms with Gasteiger partial charge in [-0.3, -0.25) is 4.79 Å². The molecule has 0 atom stereocenters. The van der Waals surface area contributed by atoms with Crippen LogP contribution in [0, 0.1) is 18.3 Å². The van der Waals surface area contributed by atoms with Gasteiger partial charge < -0.3 is 10.1 Å². The topological polar surface area (TPSA) is 79.9 Å². The number of fused-ring (bicyclic) bond motifs is 1. The standard InChI is InChI=1S/C30H25F3N4O2/c1-19-24-8-5-9-26(24)37(36-19)27-12-11-22(15-25(27)30(31,32)33)29(38)35-17-23-14-21(16-34)10-13-28(23)39-18-20-6-3-2-4-7-20/h2-4,6-7,10-15H,5,8-9,17-18H2,1H3,(H,35,38). The second-order valence-electron chi connectivity index (χ2n) is 9.40. The van der Waals surface area contributed by atoms with Crippen LogP contribution in [0.1, 0.15) is 56.0 Å². The molecule has 4 aromatic rings. The summed E-state index contributed by atoms with van der Waals surface area (Å²) in [4.78, 5) is 13.0. The summed E-state index contributed by atoms with van der Waals surface area (Å²) < 4.78 is 49.7. The first-order valence-corrected chi connectivity index (χ1v) is 12.5. The summed E-state index contributed by atoms with van der Waals surface area (Å²) in [7, 11) is 0. The van der Waals surface area contributed by atoms with Crippen LogP contribution in [0.5, 0.6) is 5.75 Å². The molecule has 198 valence electrons. The van der Waals surface area contributed by atoms with Crippen molar-refractivity contribution in [3.8, 4) is 17.5 Å². The first-order chi connectivity index (χ1) is 18.7. The van der Waals surface area contributed by atoms with Crippen molar-refractivity contribution in [1.29, 1.82) is 5.26 Å². The highest BCUT2D eigenvalue weighted by Crippen LogP contribution is 2.37. The Morgan fingerprint density at radius 1 is 1.10 bits per heavy atom. The highest BCUT2D eigenvalue weighted by Gasteiger charge is 2.36. The lowest BCUT2D eigenvalue weighted by Crippen LogP contribution is -2.24.